The maximum atomic E-state index is 9.17. The third-order valence-corrected chi connectivity index (χ3v) is 3.57. The van der Waals surface area contributed by atoms with E-state index >= 15 is 0 Å². The molecule has 0 saturated carbocycles. The van der Waals surface area contributed by atoms with Crippen molar-refractivity contribution in [3.63, 3.8) is 0 Å². The van der Waals surface area contributed by atoms with E-state index in [9.17, 15) is 5.11 Å². The van der Waals surface area contributed by atoms with Gasteiger partial charge in [0.05, 0.1) is 0 Å². The van der Waals surface area contributed by atoms with Crippen molar-refractivity contribution < 1.29 is 5.11 Å². The molecular formula is C22H36O. The summed E-state index contributed by atoms with van der Waals surface area (Å²) < 4.78 is 0. The molecule has 1 nitrogen and oxygen atoms in total. The number of aliphatic hydroxyl groups is 1. The molecule has 0 amide bonds. The highest BCUT2D eigenvalue weighted by Gasteiger charge is 2.14. The van der Waals surface area contributed by atoms with Crippen LogP contribution in [0.2, 0.25) is 0 Å². The largest absolute Gasteiger partial charge is 0.396 e. The second kappa shape index (κ2) is 15.6. The fourth-order valence-electron chi connectivity index (χ4n) is 1.92. The highest BCUT2D eigenvalue weighted by Crippen LogP contribution is 2.21. The lowest BCUT2D eigenvalue weighted by Crippen LogP contribution is -2.15. The molecule has 0 aromatic heterocycles. The average Bonchev–Trinajstić information content (AvgIpc) is 2.54. The van der Waals surface area contributed by atoms with Crippen LogP contribution in [0.5, 0.6) is 0 Å². The highest BCUT2D eigenvalue weighted by atomic mass is 16.3. The fourth-order valence-corrected chi connectivity index (χ4v) is 1.92. The Bertz CT molecular complexity index is 394. The normalized spacial score (nSPS) is 13.7. The average molecular weight is 317 g/mol. The Kier molecular flexibility index (Phi) is 14.6. The summed E-state index contributed by atoms with van der Waals surface area (Å²) in [4.78, 5) is 0. The van der Waals surface area contributed by atoms with Crippen LogP contribution < -0.4 is 0 Å². The van der Waals surface area contributed by atoms with Crippen molar-refractivity contribution >= 4 is 0 Å². The third kappa shape index (κ3) is 16.9. The molecule has 23 heavy (non-hydrogen) atoms. The Morgan fingerprint density at radius 1 is 0.652 bits per heavy atom. The van der Waals surface area contributed by atoms with Gasteiger partial charge in [-0.15, -0.1) is 0 Å². The Labute approximate surface area is 144 Å². The molecule has 0 bridgehead atoms. The van der Waals surface area contributed by atoms with Crippen LogP contribution in [0.4, 0.5) is 0 Å². The Balaban J connectivity index is 3.56. The van der Waals surface area contributed by atoms with E-state index in [-0.39, 0.29) is 12.0 Å². The molecule has 0 aliphatic rings. The van der Waals surface area contributed by atoms with E-state index in [1.54, 1.807) is 0 Å². The zero-order valence-electron chi connectivity index (χ0n) is 15.4. The summed E-state index contributed by atoms with van der Waals surface area (Å²) in [7, 11) is 0. The molecule has 0 saturated heterocycles. The van der Waals surface area contributed by atoms with E-state index in [0.29, 0.717) is 0 Å². The summed E-state index contributed by atoms with van der Waals surface area (Å²) in [6.45, 7) is 6.62. The lowest BCUT2D eigenvalue weighted by Gasteiger charge is -2.19. The summed E-state index contributed by atoms with van der Waals surface area (Å²) in [6, 6.07) is 0. The first kappa shape index (κ1) is 21.7. The minimum Gasteiger partial charge on any atom is -0.396 e. The van der Waals surface area contributed by atoms with Crippen LogP contribution >= 0.6 is 0 Å². The maximum absolute atomic E-state index is 9.17. The van der Waals surface area contributed by atoms with Gasteiger partial charge in [-0.05, 0) is 50.4 Å². The Morgan fingerprint density at radius 2 is 1.04 bits per heavy atom. The standard InChI is InChI=1S/C22H36O/c1-4-5-6-7-8-9-10-11-12-13-14-15-16-17-18-19-20-22(2,3)21-23/h5-6,8-9,11-12,14-15,17-18,23H,4,7,10,13,16,19-21H2,1-3H3. The van der Waals surface area contributed by atoms with Gasteiger partial charge in [0.25, 0.3) is 0 Å². The van der Waals surface area contributed by atoms with Gasteiger partial charge in [0.1, 0.15) is 0 Å². The molecule has 0 aromatic carbocycles. The maximum Gasteiger partial charge on any atom is 0.0482 e. The first-order valence-corrected chi connectivity index (χ1v) is 8.98. The molecule has 0 aliphatic carbocycles. The predicted molar refractivity (Wildman–Crippen MR) is 105 cm³/mol. The van der Waals surface area contributed by atoms with Gasteiger partial charge in [0.15, 0.2) is 0 Å². The minimum absolute atomic E-state index is 0.0473. The second-order valence-electron chi connectivity index (χ2n) is 6.57. The number of hydrogen-bond donors (Lipinski definition) is 1. The smallest absolute Gasteiger partial charge is 0.0482 e. The van der Waals surface area contributed by atoms with E-state index in [1.165, 1.54) is 0 Å². The topological polar surface area (TPSA) is 20.2 Å². The van der Waals surface area contributed by atoms with Crippen molar-refractivity contribution in [2.75, 3.05) is 6.61 Å². The van der Waals surface area contributed by atoms with E-state index in [0.717, 1.165) is 44.9 Å². The van der Waals surface area contributed by atoms with E-state index in [2.05, 4.69) is 81.5 Å². The van der Waals surface area contributed by atoms with Gasteiger partial charge in [0.2, 0.25) is 0 Å². The van der Waals surface area contributed by atoms with Gasteiger partial charge in [0, 0.05) is 6.61 Å². The van der Waals surface area contributed by atoms with E-state index in [1.807, 2.05) is 0 Å². The number of hydrogen-bond acceptors (Lipinski definition) is 1. The molecule has 1 heteroatoms. The van der Waals surface area contributed by atoms with Gasteiger partial charge in [-0.2, -0.15) is 0 Å². The zero-order chi connectivity index (χ0) is 17.2. The van der Waals surface area contributed by atoms with E-state index in [4.69, 9.17) is 0 Å². The molecule has 0 aromatic rings. The van der Waals surface area contributed by atoms with Crippen molar-refractivity contribution in [2.24, 2.45) is 5.41 Å². The quantitative estimate of drug-likeness (QED) is 0.383. The summed E-state index contributed by atoms with van der Waals surface area (Å²) in [6.07, 6.45) is 29.4. The SMILES string of the molecule is CCC=CCC=CCC=CCC=CCC=CCCC(C)(C)CO. The molecule has 0 heterocycles. The first-order chi connectivity index (χ1) is 11.1. The number of rotatable bonds is 13. The number of aliphatic hydroxyl groups excluding tert-OH is 1. The van der Waals surface area contributed by atoms with Crippen LogP contribution in [0.3, 0.4) is 0 Å². The molecule has 0 fully saturated rings. The number of allylic oxidation sites excluding steroid dienone is 10. The highest BCUT2D eigenvalue weighted by molar-refractivity contribution is 5.00. The van der Waals surface area contributed by atoms with Crippen molar-refractivity contribution in [1.29, 1.82) is 0 Å². The summed E-state index contributed by atoms with van der Waals surface area (Å²) >= 11 is 0. The van der Waals surface area contributed by atoms with Gasteiger partial charge in [-0.1, -0.05) is 81.5 Å². The predicted octanol–water partition coefficient (Wildman–Crippen LogP) is 6.54. The van der Waals surface area contributed by atoms with Crippen LogP contribution in [-0.4, -0.2) is 11.7 Å². The van der Waals surface area contributed by atoms with Crippen molar-refractivity contribution in [3.05, 3.63) is 60.8 Å². The van der Waals surface area contributed by atoms with E-state index < -0.39 is 0 Å². The zero-order valence-corrected chi connectivity index (χ0v) is 15.4. The molecule has 0 atom stereocenters. The Hall–Kier alpha value is -1.34. The molecule has 0 spiro atoms. The van der Waals surface area contributed by atoms with Crippen LogP contribution in [0.1, 0.15) is 65.7 Å². The summed E-state index contributed by atoms with van der Waals surface area (Å²) in [5.74, 6) is 0. The van der Waals surface area contributed by atoms with Gasteiger partial charge < -0.3 is 5.11 Å². The molecule has 0 radical (unpaired) electrons. The molecule has 0 aliphatic heterocycles. The summed E-state index contributed by atoms with van der Waals surface area (Å²) in [5.41, 5.74) is 0.0473. The molecular weight excluding hydrogens is 280 g/mol. The molecule has 0 unspecified atom stereocenters. The molecule has 1 N–H and O–H groups in total. The fraction of sp³-hybridized carbons (Fsp3) is 0.545. The lowest BCUT2D eigenvalue weighted by atomic mass is 9.89. The van der Waals surface area contributed by atoms with Crippen LogP contribution in [0.15, 0.2) is 60.8 Å². The van der Waals surface area contributed by atoms with Crippen molar-refractivity contribution in [1.82, 2.24) is 0 Å². The first-order valence-electron chi connectivity index (χ1n) is 8.98. The third-order valence-electron chi connectivity index (χ3n) is 3.57. The lowest BCUT2D eigenvalue weighted by molar-refractivity contribution is 0.151. The molecule has 0 rings (SSSR count). The van der Waals surface area contributed by atoms with Crippen molar-refractivity contribution in [2.45, 2.75) is 65.7 Å². The second-order valence-corrected chi connectivity index (χ2v) is 6.57. The Morgan fingerprint density at radius 3 is 1.43 bits per heavy atom. The van der Waals surface area contributed by atoms with Crippen LogP contribution in [-0.2, 0) is 0 Å². The van der Waals surface area contributed by atoms with Crippen LogP contribution in [0.25, 0.3) is 0 Å². The molecule has 130 valence electrons. The summed E-state index contributed by atoms with van der Waals surface area (Å²) in [5, 5.41) is 9.17. The van der Waals surface area contributed by atoms with Gasteiger partial charge in [-0.25, -0.2) is 0 Å². The van der Waals surface area contributed by atoms with Gasteiger partial charge in [-0.3, -0.25) is 0 Å². The van der Waals surface area contributed by atoms with Crippen molar-refractivity contribution in [3.8, 4) is 0 Å². The minimum atomic E-state index is 0.0473. The van der Waals surface area contributed by atoms with Crippen LogP contribution in [0, 0.1) is 5.41 Å². The van der Waals surface area contributed by atoms with Gasteiger partial charge >= 0.3 is 0 Å². The monoisotopic (exact) mass is 316 g/mol.